The third-order valence-corrected chi connectivity index (χ3v) is 3.60. The first-order valence-corrected chi connectivity index (χ1v) is 7.12. The second-order valence-electron chi connectivity index (χ2n) is 4.66. The Morgan fingerprint density at radius 2 is 2.05 bits per heavy atom. The van der Waals surface area contributed by atoms with E-state index in [4.69, 9.17) is 4.74 Å². The van der Waals surface area contributed by atoms with Crippen molar-refractivity contribution in [3.8, 4) is 11.5 Å². The van der Waals surface area contributed by atoms with Crippen molar-refractivity contribution in [2.45, 2.75) is 25.3 Å². The largest absolute Gasteiger partial charge is 0.507 e. The zero-order chi connectivity index (χ0) is 15.4. The molecule has 0 amide bonds. The molecule has 0 aliphatic carbocycles. The summed E-state index contributed by atoms with van der Waals surface area (Å²) in [7, 11) is 0. The van der Waals surface area contributed by atoms with Gasteiger partial charge in [0.25, 0.3) is 4.90 Å². The SMILES string of the molecule is CC(=O)c1ccc(OCc2cccc([S+]=O)c2)c(C)c1O. The van der Waals surface area contributed by atoms with Crippen LogP contribution in [0.15, 0.2) is 41.3 Å². The highest BCUT2D eigenvalue weighted by molar-refractivity contribution is 7.65. The van der Waals surface area contributed by atoms with E-state index in [1.54, 1.807) is 37.3 Å². The number of carbonyl (C=O) groups excluding carboxylic acids is 1. The molecule has 0 aromatic heterocycles. The number of hydrogen-bond acceptors (Lipinski definition) is 4. The van der Waals surface area contributed by atoms with Crippen LogP contribution in [-0.4, -0.2) is 10.9 Å². The Hall–Kier alpha value is -2.27. The summed E-state index contributed by atoms with van der Waals surface area (Å²) in [5, 5.41) is 9.98. The zero-order valence-electron chi connectivity index (χ0n) is 11.8. The molecule has 0 aliphatic heterocycles. The molecule has 0 spiro atoms. The first-order chi connectivity index (χ1) is 10.0. The number of ketones is 1. The van der Waals surface area contributed by atoms with Gasteiger partial charge < -0.3 is 9.84 Å². The molecular weight excluding hydrogens is 288 g/mol. The fourth-order valence-electron chi connectivity index (χ4n) is 1.97. The maximum atomic E-state index is 11.3. The molecule has 0 saturated carbocycles. The molecular formula is C16H15O4S+. The summed E-state index contributed by atoms with van der Waals surface area (Å²) in [5.74, 6) is 0.267. The van der Waals surface area contributed by atoms with E-state index in [1.807, 2.05) is 6.07 Å². The van der Waals surface area contributed by atoms with E-state index in [9.17, 15) is 14.1 Å². The predicted octanol–water partition coefficient (Wildman–Crippen LogP) is 3.27. The predicted molar refractivity (Wildman–Crippen MR) is 79.9 cm³/mol. The highest BCUT2D eigenvalue weighted by Crippen LogP contribution is 2.31. The maximum absolute atomic E-state index is 11.3. The number of hydrogen-bond donors (Lipinski definition) is 1. The normalized spacial score (nSPS) is 10.2. The molecule has 0 fully saturated rings. The van der Waals surface area contributed by atoms with E-state index < -0.39 is 0 Å². The van der Waals surface area contributed by atoms with Gasteiger partial charge in [-0.25, -0.2) is 0 Å². The van der Waals surface area contributed by atoms with Gasteiger partial charge in [-0.2, -0.15) is 0 Å². The lowest BCUT2D eigenvalue weighted by Crippen LogP contribution is -2.00. The van der Waals surface area contributed by atoms with Gasteiger partial charge in [0.1, 0.15) is 18.1 Å². The van der Waals surface area contributed by atoms with Crippen LogP contribution in [0.4, 0.5) is 0 Å². The molecule has 0 radical (unpaired) electrons. The molecule has 21 heavy (non-hydrogen) atoms. The third-order valence-electron chi connectivity index (χ3n) is 3.15. The van der Waals surface area contributed by atoms with E-state index in [0.717, 1.165) is 5.56 Å². The van der Waals surface area contributed by atoms with Crippen LogP contribution in [0.2, 0.25) is 0 Å². The van der Waals surface area contributed by atoms with Gasteiger partial charge in [-0.05, 0) is 31.5 Å². The van der Waals surface area contributed by atoms with Crippen LogP contribution >= 0.6 is 0 Å². The van der Waals surface area contributed by atoms with Crippen LogP contribution in [-0.2, 0) is 22.5 Å². The highest BCUT2D eigenvalue weighted by Gasteiger charge is 2.13. The van der Waals surface area contributed by atoms with Crippen LogP contribution < -0.4 is 4.74 Å². The quantitative estimate of drug-likeness (QED) is 0.680. The van der Waals surface area contributed by atoms with Gasteiger partial charge in [0.15, 0.2) is 5.78 Å². The molecule has 2 rings (SSSR count). The third kappa shape index (κ3) is 3.44. The molecule has 108 valence electrons. The molecule has 5 heteroatoms. The molecule has 4 nitrogen and oxygen atoms in total. The Kier molecular flexibility index (Phi) is 4.65. The first kappa shape index (κ1) is 15.1. The van der Waals surface area contributed by atoms with Crippen molar-refractivity contribution in [2.24, 2.45) is 0 Å². The Labute approximate surface area is 126 Å². The summed E-state index contributed by atoms with van der Waals surface area (Å²) in [6.45, 7) is 3.39. The number of Topliss-reactive ketones (excluding diaryl/α,β-unsaturated/α-hetero) is 1. The second kappa shape index (κ2) is 6.45. The van der Waals surface area contributed by atoms with Crippen LogP contribution in [0.3, 0.4) is 0 Å². The Balaban J connectivity index is 2.18. The zero-order valence-corrected chi connectivity index (χ0v) is 12.6. The summed E-state index contributed by atoms with van der Waals surface area (Å²) >= 11 is 0.432. The number of rotatable bonds is 5. The lowest BCUT2D eigenvalue weighted by atomic mass is 10.1. The minimum Gasteiger partial charge on any atom is -0.507 e. The van der Waals surface area contributed by atoms with Gasteiger partial charge >= 0.3 is 11.7 Å². The maximum Gasteiger partial charge on any atom is 0.505 e. The summed E-state index contributed by atoms with van der Waals surface area (Å²) in [6, 6.07) is 10.4. The van der Waals surface area contributed by atoms with Crippen LogP contribution in [0.5, 0.6) is 11.5 Å². The summed E-state index contributed by atoms with van der Waals surface area (Å²) < 4.78 is 16.4. The standard InChI is InChI=1S/C16H14O4S/c1-10-15(7-6-14(11(2)17)16(10)18)20-9-12-4-3-5-13(8-12)21-19/h3-8H,9H2,1-2H3/p+1. The van der Waals surface area contributed by atoms with Crippen molar-refractivity contribution in [1.82, 2.24) is 0 Å². The van der Waals surface area contributed by atoms with Gasteiger partial charge in [-0.1, -0.05) is 12.1 Å². The van der Waals surface area contributed by atoms with Crippen molar-refractivity contribution in [3.05, 3.63) is 53.1 Å². The number of ether oxygens (including phenoxy) is 1. The Morgan fingerprint density at radius 3 is 2.71 bits per heavy atom. The second-order valence-corrected chi connectivity index (χ2v) is 5.30. The molecule has 0 heterocycles. The van der Waals surface area contributed by atoms with Crippen molar-refractivity contribution >= 4 is 17.4 Å². The minimum atomic E-state index is -0.192. The van der Waals surface area contributed by atoms with Gasteiger partial charge in [0.2, 0.25) is 0 Å². The summed E-state index contributed by atoms with van der Waals surface area (Å²) in [5.41, 5.74) is 1.67. The molecule has 0 aliphatic rings. The summed E-state index contributed by atoms with van der Waals surface area (Å²) in [6.07, 6.45) is 0. The molecule has 0 bridgehead atoms. The number of carbonyl (C=O) groups is 1. The lowest BCUT2D eigenvalue weighted by molar-refractivity contribution is 0.101. The molecule has 0 saturated heterocycles. The average Bonchev–Trinajstić information content (AvgIpc) is 2.48. The number of phenols is 1. The number of benzene rings is 2. The van der Waals surface area contributed by atoms with Crippen molar-refractivity contribution in [2.75, 3.05) is 0 Å². The molecule has 2 aromatic carbocycles. The first-order valence-electron chi connectivity index (χ1n) is 6.38. The smallest absolute Gasteiger partial charge is 0.505 e. The lowest BCUT2D eigenvalue weighted by Gasteiger charge is -2.12. The van der Waals surface area contributed by atoms with Gasteiger partial charge in [-0.15, -0.1) is 0 Å². The Bertz CT molecular complexity index is 695. The van der Waals surface area contributed by atoms with E-state index in [0.29, 0.717) is 27.9 Å². The van der Waals surface area contributed by atoms with Gasteiger partial charge in [0, 0.05) is 21.9 Å². The monoisotopic (exact) mass is 303 g/mol. The van der Waals surface area contributed by atoms with Crippen LogP contribution in [0.25, 0.3) is 0 Å². The van der Waals surface area contributed by atoms with E-state index >= 15 is 0 Å². The minimum absolute atomic E-state index is 0.0520. The fraction of sp³-hybridized carbons (Fsp3) is 0.188. The molecule has 2 aromatic rings. The van der Waals surface area contributed by atoms with Crippen molar-refractivity contribution in [3.63, 3.8) is 0 Å². The highest BCUT2D eigenvalue weighted by atomic mass is 32.1. The van der Waals surface area contributed by atoms with Crippen molar-refractivity contribution < 1.29 is 18.8 Å². The number of phenolic OH excluding ortho intramolecular Hbond substituents is 1. The molecule has 0 unspecified atom stereocenters. The fourth-order valence-corrected chi connectivity index (χ4v) is 2.30. The van der Waals surface area contributed by atoms with Gasteiger partial charge in [0.05, 0.1) is 5.56 Å². The number of aromatic hydroxyl groups is 1. The van der Waals surface area contributed by atoms with E-state index in [-0.39, 0.29) is 23.7 Å². The average molecular weight is 303 g/mol. The van der Waals surface area contributed by atoms with E-state index in [1.165, 1.54) is 6.92 Å². The summed E-state index contributed by atoms with van der Waals surface area (Å²) in [4.78, 5) is 12.0. The van der Waals surface area contributed by atoms with Crippen molar-refractivity contribution in [1.29, 1.82) is 0 Å². The van der Waals surface area contributed by atoms with Crippen LogP contribution in [0, 0.1) is 6.92 Å². The molecule has 0 atom stereocenters. The topological polar surface area (TPSA) is 63.6 Å². The van der Waals surface area contributed by atoms with Crippen LogP contribution in [0.1, 0.15) is 28.4 Å². The molecule has 1 N–H and O–H groups in total. The van der Waals surface area contributed by atoms with Gasteiger partial charge in [-0.3, -0.25) is 4.79 Å². The van der Waals surface area contributed by atoms with E-state index in [2.05, 4.69) is 0 Å². The Morgan fingerprint density at radius 1 is 1.29 bits per heavy atom.